The Morgan fingerprint density at radius 3 is 1.25 bits per heavy atom. The van der Waals surface area contributed by atoms with Gasteiger partial charge in [0.1, 0.15) is 5.78 Å². The fourth-order valence-electron chi connectivity index (χ4n) is 10.7. The van der Waals surface area contributed by atoms with Gasteiger partial charge < -0.3 is 59.0 Å². The molecule has 4 amide bonds. The number of hydrogen-bond donors (Lipinski definition) is 11. The number of Topliss-reactive ketones (excluding diaryl/α,β-unsaturated/α-hetero) is 6. The lowest BCUT2D eigenvalue weighted by atomic mass is 9.90. The number of primary amides is 2. The molecule has 0 fully saturated rings. The standard InChI is InChI=1S/C18H25NO.C17H24N2O.2C12H25N3O2.C10H21NO.C8H17NO/c1-12(2)18(20)17(19-13(3)4)11-15-10-9-14-7-5-6-8-16(14)15;1-11(2)17(20)16(19-12(3)4)9-13-10-18-15-8-6-5-7-14(13)15;2*1-8(2)11(16)10(15-9(3)4)6-5-7-14-12(13)17;1-7(2)9(12)10(5,6)11-8(3)4;1-6(2)8(10)5-9-7(3)4/h5-8,10,12-13,17,19H,9,11H2,1-4H3;5-8,10-12,16,18-19H,9H2,1-4H3;2*8-10,15H,5-7H2,1-4H3,(H3,13,14,17);7-8,11H,1-6H3;6-7,9H,5H2,1-4H3/t17-;16-;2*10-;;/m0110../s1. The second kappa shape index (κ2) is 48.7. The van der Waals surface area contributed by atoms with Crippen LogP contribution in [0.25, 0.3) is 16.5 Å². The average Bonchev–Trinajstić information content (AvgIpc) is 1.69. The SMILES string of the molecule is CC(C)NC(C)(C)C(=O)C(C)C.CC(C)NCC(=O)C(C)C.CC(C)N[C@@H](CC1=CCc2ccccc21)C(=O)C(C)C.CC(C)N[C@@H](CCCNC(N)=O)C(=O)C(C)C.CC(C)N[C@H](CCCNC(N)=O)C(=O)C(C)C.CC(C)N[C@H](Cc1c[nH]c2ccccc12)C(=O)C(C)C. The topological polar surface area (TPSA) is 301 Å². The highest BCUT2D eigenvalue weighted by atomic mass is 16.2. The number of ketones is 6. The van der Waals surface area contributed by atoms with Gasteiger partial charge in [0.2, 0.25) is 0 Å². The van der Waals surface area contributed by atoms with Crippen LogP contribution < -0.4 is 54.0 Å². The Morgan fingerprint density at radius 1 is 0.469 bits per heavy atom. The van der Waals surface area contributed by atoms with Crippen LogP contribution >= 0.6 is 0 Å². The summed E-state index contributed by atoms with van der Waals surface area (Å²) in [5.74, 6) is 2.02. The van der Waals surface area contributed by atoms with E-state index in [9.17, 15) is 38.4 Å². The average molecular weight is 1350 g/mol. The molecule has 0 aliphatic heterocycles. The molecule has 0 radical (unpaired) electrons. The fraction of sp³-hybridized carbons (Fsp3) is 0.688. The summed E-state index contributed by atoms with van der Waals surface area (Å²) in [6.07, 6.45) is 9.74. The van der Waals surface area contributed by atoms with E-state index in [1.165, 1.54) is 27.6 Å². The number of H-pyrrole nitrogens is 1. The van der Waals surface area contributed by atoms with E-state index in [0.29, 0.717) is 49.6 Å². The summed E-state index contributed by atoms with van der Waals surface area (Å²) in [4.78, 5) is 95.5. The van der Waals surface area contributed by atoms with Gasteiger partial charge in [-0.3, -0.25) is 28.8 Å². The number of aromatic nitrogens is 1. The zero-order chi connectivity index (χ0) is 74.3. The number of nitrogens with two attached hydrogens (primary N) is 2. The van der Waals surface area contributed by atoms with Gasteiger partial charge in [-0.2, -0.15) is 0 Å². The van der Waals surface area contributed by atoms with E-state index in [4.69, 9.17) is 11.5 Å². The van der Waals surface area contributed by atoms with Gasteiger partial charge in [-0.15, -0.1) is 0 Å². The Morgan fingerprint density at radius 2 is 0.865 bits per heavy atom. The van der Waals surface area contributed by atoms with Crippen molar-refractivity contribution in [3.05, 3.63) is 77.5 Å². The van der Waals surface area contributed by atoms with Crippen LogP contribution in [0.2, 0.25) is 0 Å². The highest BCUT2D eigenvalue weighted by Crippen LogP contribution is 2.31. The molecule has 19 nitrogen and oxygen atoms in total. The molecule has 19 heteroatoms. The second-order valence-electron chi connectivity index (χ2n) is 29.5. The molecule has 96 heavy (non-hydrogen) atoms. The number of fused-ring (bicyclic) bond motifs is 2. The predicted octanol–water partition coefficient (Wildman–Crippen LogP) is 12.2. The fourth-order valence-corrected chi connectivity index (χ4v) is 10.7. The number of allylic oxidation sites excluding steroid dienone is 1. The Balaban J connectivity index is 0. The number of carbonyl (C=O) groups excluding carboxylic acids is 8. The number of amides is 4. The van der Waals surface area contributed by atoms with Crippen molar-refractivity contribution in [1.82, 2.24) is 47.5 Å². The van der Waals surface area contributed by atoms with E-state index in [0.717, 1.165) is 50.5 Å². The van der Waals surface area contributed by atoms with E-state index in [1.54, 1.807) is 0 Å². The van der Waals surface area contributed by atoms with E-state index in [1.807, 2.05) is 157 Å². The molecular formula is C77H137N11O8. The minimum absolute atomic E-state index is 0.0235. The molecular weight excluding hydrogens is 1210 g/mol. The first kappa shape index (κ1) is 92.1. The third-order valence-corrected chi connectivity index (χ3v) is 15.3. The summed E-state index contributed by atoms with van der Waals surface area (Å²) in [7, 11) is 0. The monoisotopic (exact) mass is 1340 g/mol. The number of hydrogen-bond acceptors (Lipinski definition) is 14. The molecule has 4 atom stereocenters. The minimum atomic E-state index is -0.520. The largest absolute Gasteiger partial charge is 0.361 e. The maximum atomic E-state index is 12.4. The molecule has 0 saturated carbocycles. The zero-order valence-corrected chi connectivity index (χ0v) is 64.5. The van der Waals surface area contributed by atoms with E-state index in [-0.39, 0.29) is 106 Å². The molecule has 1 aliphatic rings. The first-order valence-corrected chi connectivity index (χ1v) is 35.6. The predicted molar refractivity (Wildman–Crippen MR) is 401 cm³/mol. The van der Waals surface area contributed by atoms with Crippen molar-refractivity contribution in [2.45, 2.75) is 291 Å². The van der Waals surface area contributed by atoms with Gasteiger partial charge in [0.05, 0.1) is 36.3 Å². The first-order valence-electron chi connectivity index (χ1n) is 35.6. The van der Waals surface area contributed by atoms with E-state index < -0.39 is 12.1 Å². The third-order valence-electron chi connectivity index (χ3n) is 15.3. The number of benzene rings is 2. The molecule has 548 valence electrons. The highest BCUT2D eigenvalue weighted by molar-refractivity contribution is 5.91. The summed E-state index contributed by atoms with van der Waals surface area (Å²) in [5.41, 5.74) is 15.9. The van der Waals surface area contributed by atoms with Gasteiger partial charge in [0.25, 0.3) is 0 Å². The van der Waals surface area contributed by atoms with E-state index >= 15 is 0 Å². The van der Waals surface area contributed by atoms with Crippen LogP contribution in [-0.4, -0.2) is 137 Å². The lowest BCUT2D eigenvalue weighted by Crippen LogP contribution is -2.51. The summed E-state index contributed by atoms with van der Waals surface area (Å²) in [6.45, 7) is 53.2. The molecule has 1 aromatic heterocycles. The van der Waals surface area contributed by atoms with Crippen LogP contribution in [0.4, 0.5) is 9.59 Å². The highest BCUT2D eigenvalue weighted by Gasteiger charge is 2.30. The van der Waals surface area contributed by atoms with Crippen molar-refractivity contribution < 1.29 is 38.4 Å². The van der Waals surface area contributed by atoms with Crippen LogP contribution in [0.15, 0.2) is 60.8 Å². The molecule has 1 heterocycles. The molecule has 0 saturated heterocycles. The second-order valence-corrected chi connectivity index (χ2v) is 29.5. The van der Waals surface area contributed by atoms with Gasteiger partial charge in [-0.1, -0.05) is 201 Å². The number of para-hydroxylation sites is 1. The van der Waals surface area contributed by atoms with Gasteiger partial charge in [-0.25, -0.2) is 9.59 Å². The van der Waals surface area contributed by atoms with Crippen LogP contribution in [0.1, 0.15) is 229 Å². The van der Waals surface area contributed by atoms with Gasteiger partial charge in [-0.05, 0) is 101 Å². The number of urea groups is 2. The van der Waals surface area contributed by atoms with Gasteiger partial charge in [0.15, 0.2) is 28.9 Å². The number of aromatic amines is 1. The maximum absolute atomic E-state index is 12.4. The van der Waals surface area contributed by atoms with Gasteiger partial charge in [0, 0.05) is 102 Å². The minimum Gasteiger partial charge on any atom is -0.361 e. The molecule has 1 aliphatic carbocycles. The van der Waals surface area contributed by atoms with Crippen molar-refractivity contribution in [2.75, 3.05) is 19.6 Å². The smallest absolute Gasteiger partial charge is 0.312 e. The number of rotatable bonds is 36. The molecule has 0 spiro atoms. The lowest BCUT2D eigenvalue weighted by Gasteiger charge is -2.28. The third kappa shape index (κ3) is 40.7. The van der Waals surface area contributed by atoms with Crippen molar-refractivity contribution in [3.63, 3.8) is 0 Å². The van der Waals surface area contributed by atoms with Crippen LogP contribution in [-0.2, 0) is 41.6 Å². The molecule has 2 aromatic carbocycles. The summed E-state index contributed by atoms with van der Waals surface area (Å²) in [6, 6.07) is 17.1. The first-order chi connectivity index (χ1) is 44.5. The molecule has 0 bridgehead atoms. The van der Waals surface area contributed by atoms with Gasteiger partial charge >= 0.3 is 12.1 Å². The van der Waals surface area contributed by atoms with Crippen LogP contribution in [0.5, 0.6) is 0 Å². The number of nitrogens with one attached hydrogen (secondary N) is 9. The molecule has 3 aromatic rings. The summed E-state index contributed by atoms with van der Waals surface area (Å²) < 4.78 is 0. The van der Waals surface area contributed by atoms with Crippen molar-refractivity contribution in [1.29, 1.82) is 0 Å². The van der Waals surface area contributed by atoms with Crippen molar-refractivity contribution in [2.24, 2.45) is 47.0 Å². The zero-order valence-electron chi connectivity index (χ0n) is 64.5. The molecule has 4 rings (SSSR count). The summed E-state index contributed by atoms with van der Waals surface area (Å²) in [5, 5.41) is 25.9. The Labute approximate surface area is 581 Å². The van der Waals surface area contributed by atoms with Crippen LogP contribution in [0, 0.1) is 35.5 Å². The Kier molecular flexibility index (Phi) is 46.7. The van der Waals surface area contributed by atoms with Crippen LogP contribution in [0.3, 0.4) is 0 Å². The maximum Gasteiger partial charge on any atom is 0.312 e. The lowest BCUT2D eigenvalue weighted by molar-refractivity contribution is -0.127. The summed E-state index contributed by atoms with van der Waals surface area (Å²) >= 11 is 0. The number of carbonyl (C=O) groups is 8. The van der Waals surface area contributed by atoms with Crippen molar-refractivity contribution in [3.8, 4) is 0 Å². The quantitative estimate of drug-likeness (QED) is 0.0241. The molecule has 13 N–H and O–H groups in total. The van der Waals surface area contributed by atoms with E-state index in [2.05, 4.69) is 132 Å². The Bertz CT molecular complexity index is 2720. The van der Waals surface area contributed by atoms with Crippen molar-refractivity contribution >= 4 is 63.2 Å². The Hall–Kier alpha value is -5.96. The normalized spacial score (nSPS) is 13.2. The molecule has 0 unspecified atom stereocenters.